The van der Waals surface area contributed by atoms with Gasteiger partial charge in [-0.05, 0) is 34.0 Å². The Hall–Kier alpha value is -3.52. The molecule has 30 heavy (non-hydrogen) atoms. The van der Waals surface area contributed by atoms with Gasteiger partial charge in [0.15, 0.2) is 9.84 Å². The van der Waals surface area contributed by atoms with Crippen LogP contribution in [0, 0.1) is 0 Å². The van der Waals surface area contributed by atoms with Crippen molar-refractivity contribution < 1.29 is 17.6 Å². The fourth-order valence-electron chi connectivity index (χ4n) is 3.10. The summed E-state index contributed by atoms with van der Waals surface area (Å²) in [5.74, 6) is 0.0705. The van der Waals surface area contributed by atoms with Gasteiger partial charge < -0.3 is 4.42 Å². The van der Waals surface area contributed by atoms with Crippen molar-refractivity contribution in [2.75, 3.05) is 11.6 Å². The first-order valence-electron chi connectivity index (χ1n) is 9.26. The molecule has 4 aromatic rings. The van der Waals surface area contributed by atoms with Crippen LogP contribution < -0.4 is 5.32 Å². The molecular weight excluding hydrogens is 402 g/mol. The average Bonchev–Trinajstić information content (AvgIpc) is 3.14. The number of benzene rings is 3. The first-order valence-corrected chi connectivity index (χ1v) is 11.1. The number of carbonyl (C=O) groups excluding carboxylic acids is 1. The summed E-state index contributed by atoms with van der Waals surface area (Å²) >= 11 is 0. The summed E-state index contributed by atoms with van der Waals surface area (Å²) in [6.45, 7) is 0. The van der Waals surface area contributed by atoms with Crippen molar-refractivity contribution in [3.8, 4) is 0 Å². The van der Waals surface area contributed by atoms with Crippen LogP contribution in [-0.2, 0) is 27.5 Å². The summed E-state index contributed by atoms with van der Waals surface area (Å²) in [5.41, 5.74) is 1.71. The van der Waals surface area contributed by atoms with Crippen LogP contribution in [0.5, 0.6) is 0 Å². The molecule has 0 bridgehead atoms. The minimum Gasteiger partial charge on any atom is -0.407 e. The molecule has 0 saturated carbocycles. The molecule has 0 aliphatic rings. The summed E-state index contributed by atoms with van der Waals surface area (Å²) in [5, 5.41) is 12.6. The maximum absolute atomic E-state index is 12.3. The number of carbonyl (C=O) groups is 1. The number of hydrogen-bond acceptors (Lipinski definition) is 6. The molecule has 8 heteroatoms. The van der Waals surface area contributed by atoms with E-state index in [1.165, 1.54) is 12.1 Å². The van der Waals surface area contributed by atoms with Crippen LogP contribution >= 0.6 is 0 Å². The average molecular weight is 421 g/mol. The fraction of sp³-hybridized carbons (Fsp3) is 0.136. The molecule has 1 amide bonds. The molecular formula is C22H19N3O4S. The smallest absolute Gasteiger partial charge is 0.322 e. The number of rotatable bonds is 6. The Morgan fingerprint density at radius 1 is 0.933 bits per heavy atom. The zero-order valence-electron chi connectivity index (χ0n) is 16.2. The van der Waals surface area contributed by atoms with Crippen molar-refractivity contribution in [2.24, 2.45) is 0 Å². The van der Waals surface area contributed by atoms with Gasteiger partial charge in [0, 0.05) is 6.26 Å². The van der Waals surface area contributed by atoms with Gasteiger partial charge in [0.2, 0.25) is 11.8 Å². The first-order chi connectivity index (χ1) is 14.4. The number of anilines is 1. The molecule has 1 N–H and O–H groups in total. The maximum Gasteiger partial charge on any atom is 0.322 e. The number of nitrogens with zero attached hydrogens (tertiary/aromatic N) is 2. The Labute approximate surface area is 173 Å². The molecule has 0 fully saturated rings. The molecule has 152 valence electrons. The van der Waals surface area contributed by atoms with Gasteiger partial charge in [-0.25, -0.2) is 8.42 Å². The summed E-state index contributed by atoms with van der Waals surface area (Å²) in [6, 6.07) is 20.3. The zero-order chi connectivity index (χ0) is 21.1. The molecule has 4 rings (SSSR count). The van der Waals surface area contributed by atoms with E-state index in [1.54, 1.807) is 12.1 Å². The first kappa shape index (κ1) is 19.8. The van der Waals surface area contributed by atoms with Gasteiger partial charge in [-0.1, -0.05) is 59.7 Å². The largest absolute Gasteiger partial charge is 0.407 e. The van der Waals surface area contributed by atoms with Crippen molar-refractivity contribution in [2.45, 2.75) is 17.7 Å². The van der Waals surface area contributed by atoms with E-state index >= 15 is 0 Å². The van der Waals surface area contributed by atoms with Crippen molar-refractivity contribution in [3.05, 3.63) is 83.7 Å². The lowest BCUT2D eigenvalue weighted by atomic mass is 10.1. The quantitative estimate of drug-likeness (QED) is 0.512. The number of hydrogen-bond donors (Lipinski definition) is 1. The third-order valence-corrected chi connectivity index (χ3v) is 5.73. The molecule has 0 aliphatic carbocycles. The molecule has 0 atom stereocenters. The summed E-state index contributed by atoms with van der Waals surface area (Å²) in [7, 11) is -3.24. The zero-order valence-corrected chi connectivity index (χ0v) is 17.0. The predicted octanol–water partition coefficient (Wildman–Crippen LogP) is 3.40. The lowest BCUT2D eigenvalue weighted by Crippen LogP contribution is -2.14. The summed E-state index contributed by atoms with van der Waals surface area (Å²) in [6.07, 6.45) is 1.68. The highest BCUT2D eigenvalue weighted by Gasteiger charge is 2.12. The second kappa shape index (κ2) is 8.08. The predicted molar refractivity (Wildman–Crippen MR) is 113 cm³/mol. The van der Waals surface area contributed by atoms with E-state index in [2.05, 4.69) is 15.5 Å². The second-order valence-corrected chi connectivity index (χ2v) is 9.02. The van der Waals surface area contributed by atoms with Crippen LogP contribution in [-0.4, -0.2) is 30.8 Å². The van der Waals surface area contributed by atoms with E-state index in [4.69, 9.17) is 4.42 Å². The highest BCUT2D eigenvalue weighted by Crippen LogP contribution is 2.17. The van der Waals surface area contributed by atoms with Gasteiger partial charge in [-0.15, -0.1) is 5.10 Å². The summed E-state index contributed by atoms with van der Waals surface area (Å²) < 4.78 is 28.5. The van der Waals surface area contributed by atoms with Crippen LogP contribution in [0.1, 0.15) is 17.0 Å². The Morgan fingerprint density at radius 2 is 1.63 bits per heavy atom. The van der Waals surface area contributed by atoms with Gasteiger partial charge in [-0.3, -0.25) is 10.1 Å². The highest BCUT2D eigenvalue weighted by molar-refractivity contribution is 7.90. The monoisotopic (exact) mass is 421 g/mol. The van der Waals surface area contributed by atoms with Crippen molar-refractivity contribution in [3.63, 3.8) is 0 Å². The SMILES string of the molecule is CS(=O)(=O)c1ccc(Cc2nnc(NC(=O)Cc3ccc4ccccc4c3)o2)cc1. The van der Waals surface area contributed by atoms with Crippen molar-refractivity contribution in [1.29, 1.82) is 0 Å². The van der Waals surface area contributed by atoms with E-state index in [9.17, 15) is 13.2 Å². The van der Waals surface area contributed by atoms with Crippen LogP contribution in [0.25, 0.3) is 10.8 Å². The topological polar surface area (TPSA) is 102 Å². The summed E-state index contributed by atoms with van der Waals surface area (Å²) in [4.78, 5) is 12.6. The van der Waals surface area contributed by atoms with E-state index in [1.807, 2.05) is 42.5 Å². The van der Waals surface area contributed by atoms with Crippen LogP contribution in [0.15, 0.2) is 76.0 Å². The van der Waals surface area contributed by atoms with Gasteiger partial charge in [-0.2, -0.15) is 0 Å². The Balaban J connectivity index is 1.38. The van der Waals surface area contributed by atoms with Gasteiger partial charge in [0.05, 0.1) is 17.7 Å². The minimum atomic E-state index is -3.24. The van der Waals surface area contributed by atoms with Crippen LogP contribution in [0.3, 0.4) is 0 Å². The molecule has 0 radical (unpaired) electrons. The van der Waals surface area contributed by atoms with Crippen molar-refractivity contribution in [1.82, 2.24) is 10.2 Å². The molecule has 0 unspecified atom stereocenters. The standard InChI is InChI=1S/C22H19N3O4S/c1-30(27,28)19-10-7-15(8-11-19)14-21-24-25-22(29-21)23-20(26)13-16-6-9-17-4-2-3-5-18(17)12-16/h2-12H,13-14H2,1H3,(H,23,25,26). The number of amides is 1. The molecule has 0 spiro atoms. The van der Waals surface area contributed by atoms with Crippen molar-refractivity contribution >= 4 is 32.5 Å². The number of nitrogens with one attached hydrogen (secondary N) is 1. The van der Waals surface area contributed by atoms with E-state index in [0.717, 1.165) is 28.2 Å². The van der Waals surface area contributed by atoms with E-state index in [0.29, 0.717) is 12.3 Å². The van der Waals surface area contributed by atoms with Gasteiger partial charge in [0.25, 0.3) is 0 Å². The second-order valence-electron chi connectivity index (χ2n) is 7.00. The van der Waals surface area contributed by atoms with Gasteiger partial charge >= 0.3 is 6.01 Å². The third-order valence-electron chi connectivity index (χ3n) is 4.60. The normalized spacial score (nSPS) is 11.5. The minimum absolute atomic E-state index is 0.0311. The number of aromatic nitrogens is 2. The molecule has 3 aromatic carbocycles. The third kappa shape index (κ3) is 4.72. The Morgan fingerprint density at radius 3 is 2.37 bits per heavy atom. The maximum atomic E-state index is 12.3. The van der Waals surface area contributed by atoms with Crippen LogP contribution in [0.4, 0.5) is 6.01 Å². The fourth-order valence-corrected chi connectivity index (χ4v) is 3.73. The molecule has 0 saturated heterocycles. The number of sulfone groups is 1. The molecule has 1 heterocycles. The lowest BCUT2D eigenvalue weighted by molar-refractivity contribution is -0.115. The number of fused-ring (bicyclic) bond motifs is 1. The molecule has 1 aromatic heterocycles. The van der Waals surface area contributed by atoms with E-state index < -0.39 is 9.84 Å². The molecule has 7 nitrogen and oxygen atoms in total. The van der Waals surface area contributed by atoms with E-state index in [-0.39, 0.29) is 23.2 Å². The van der Waals surface area contributed by atoms with Crippen LogP contribution in [0.2, 0.25) is 0 Å². The Bertz CT molecular complexity index is 1310. The lowest BCUT2D eigenvalue weighted by Gasteiger charge is -2.03. The molecule has 0 aliphatic heterocycles. The highest BCUT2D eigenvalue weighted by atomic mass is 32.2. The Kier molecular flexibility index (Phi) is 5.33. The van der Waals surface area contributed by atoms with Gasteiger partial charge in [0.1, 0.15) is 0 Å².